The molecular formula is C10H18FN3O2. The third kappa shape index (κ3) is 6.13. The van der Waals surface area contributed by atoms with Crippen LogP contribution in [0.25, 0.3) is 0 Å². The van der Waals surface area contributed by atoms with Crippen LogP contribution >= 0.6 is 0 Å². The summed E-state index contributed by atoms with van der Waals surface area (Å²) in [6.07, 6.45) is 1.29. The van der Waals surface area contributed by atoms with Gasteiger partial charge in [-0.3, -0.25) is 10.2 Å². The molecule has 0 fully saturated rings. The molecule has 0 saturated heterocycles. The Morgan fingerprint density at radius 3 is 2.69 bits per heavy atom. The molecule has 0 radical (unpaired) electrons. The summed E-state index contributed by atoms with van der Waals surface area (Å²) in [5, 5.41) is 18.3. The number of aliphatic carboxylic acids is 1. The van der Waals surface area contributed by atoms with Crippen LogP contribution in [-0.4, -0.2) is 29.0 Å². The molecule has 16 heavy (non-hydrogen) atoms. The number of rotatable bonds is 6. The average Bonchev–Trinajstić information content (AvgIpc) is 2.14. The first kappa shape index (κ1) is 14.6. The molecule has 0 unspecified atom stereocenters. The molecule has 0 heterocycles. The van der Waals surface area contributed by atoms with Crippen molar-refractivity contribution in [2.24, 2.45) is 5.73 Å². The number of carboxylic acids is 1. The van der Waals surface area contributed by atoms with Crippen LogP contribution in [0.15, 0.2) is 11.9 Å². The van der Waals surface area contributed by atoms with Crippen LogP contribution in [0.2, 0.25) is 0 Å². The normalized spacial score (nSPS) is 15.4. The number of nitrogens with two attached hydrogens (primary N) is 1. The maximum Gasteiger partial charge on any atom is 0.323 e. The predicted octanol–water partition coefficient (Wildman–Crippen LogP) is 1.01. The zero-order valence-electron chi connectivity index (χ0n) is 9.51. The summed E-state index contributed by atoms with van der Waals surface area (Å²) in [7, 11) is 0. The van der Waals surface area contributed by atoms with Gasteiger partial charge in [0, 0.05) is 13.0 Å². The third-order valence-corrected chi connectivity index (χ3v) is 2.06. The smallest absolute Gasteiger partial charge is 0.323 e. The molecule has 0 spiro atoms. The second-order valence-electron chi connectivity index (χ2n) is 3.88. The minimum absolute atomic E-state index is 0.0158. The molecule has 0 aliphatic rings. The van der Waals surface area contributed by atoms with Gasteiger partial charge in [0.2, 0.25) is 0 Å². The standard InChI is InChI=1S/C10H18FN3O2/c1-7(12)14-6-4-8(11)3-5-10(2,13)9(15)16/h4H,3,5-6,13H2,1-2H3,(H2,12,14)(H,15,16)/b8-4+/t10-/m0/s1. The Bertz CT molecular complexity index is 300. The van der Waals surface area contributed by atoms with Crippen LogP contribution in [0.4, 0.5) is 4.39 Å². The van der Waals surface area contributed by atoms with Gasteiger partial charge in [-0.25, -0.2) is 4.39 Å². The molecule has 5 nitrogen and oxygen atoms in total. The van der Waals surface area contributed by atoms with Crippen LogP contribution in [0.1, 0.15) is 26.7 Å². The first-order valence-corrected chi connectivity index (χ1v) is 4.91. The zero-order chi connectivity index (χ0) is 12.8. The van der Waals surface area contributed by atoms with E-state index in [0.717, 1.165) is 0 Å². The number of carbonyl (C=O) groups is 1. The van der Waals surface area contributed by atoms with Crippen molar-refractivity contribution in [1.82, 2.24) is 5.32 Å². The molecule has 0 aromatic heterocycles. The van der Waals surface area contributed by atoms with Crippen LogP contribution in [0.3, 0.4) is 0 Å². The van der Waals surface area contributed by atoms with Gasteiger partial charge in [0.1, 0.15) is 5.54 Å². The lowest BCUT2D eigenvalue weighted by atomic mass is 9.97. The van der Waals surface area contributed by atoms with Gasteiger partial charge in [0.15, 0.2) is 0 Å². The van der Waals surface area contributed by atoms with E-state index >= 15 is 0 Å². The van der Waals surface area contributed by atoms with Gasteiger partial charge >= 0.3 is 5.97 Å². The highest BCUT2D eigenvalue weighted by molar-refractivity contribution is 5.77. The van der Waals surface area contributed by atoms with E-state index in [1.165, 1.54) is 13.0 Å². The molecule has 6 heteroatoms. The fourth-order valence-electron chi connectivity index (χ4n) is 0.903. The van der Waals surface area contributed by atoms with Crippen molar-refractivity contribution in [1.29, 1.82) is 5.41 Å². The van der Waals surface area contributed by atoms with E-state index in [4.69, 9.17) is 16.2 Å². The Hall–Kier alpha value is -1.43. The Labute approximate surface area is 94.0 Å². The predicted molar refractivity (Wildman–Crippen MR) is 60.1 cm³/mol. The summed E-state index contributed by atoms with van der Waals surface area (Å²) in [6.45, 7) is 3.12. The van der Waals surface area contributed by atoms with Gasteiger partial charge in [-0.1, -0.05) is 0 Å². The monoisotopic (exact) mass is 231 g/mol. The lowest BCUT2D eigenvalue weighted by Crippen LogP contribution is -2.44. The third-order valence-electron chi connectivity index (χ3n) is 2.06. The van der Waals surface area contributed by atoms with E-state index in [2.05, 4.69) is 5.32 Å². The van der Waals surface area contributed by atoms with E-state index in [-0.39, 0.29) is 25.2 Å². The molecule has 0 saturated carbocycles. The number of hydrogen-bond acceptors (Lipinski definition) is 3. The number of nitrogens with one attached hydrogen (secondary N) is 2. The molecule has 0 aromatic rings. The highest BCUT2D eigenvalue weighted by Crippen LogP contribution is 2.14. The average molecular weight is 231 g/mol. The summed E-state index contributed by atoms with van der Waals surface area (Å²) in [5.41, 5.74) is 4.03. The molecule has 1 atom stereocenters. The minimum atomic E-state index is -1.41. The molecule has 0 rings (SSSR count). The van der Waals surface area contributed by atoms with Crippen molar-refractivity contribution in [2.75, 3.05) is 6.54 Å². The van der Waals surface area contributed by atoms with Gasteiger partial charge in [-0.15, -0.1) is 0 Å². The van der Waals surface area contributed by atoms with Crippen LogP contribution in [0.5, 0.6) is 0 Å². The molecule has 5 N–H and O–H groups in total. The topological polar surface area (TPSA) is 99.2 Å². The summed E-state index contributed by atoms with van der Waals surface area (Å²) >= 11 is 0. The van der Waals surface area contributed by atoms with Crippen LogP contribution in [0, 0.1) is 5.41 Å². The fourth-order valence-corrected chi connectivity index (χ4v) is 0.903. The zero-order valence-corrected chi connectivity index (χ0v) is 9.51. The van der Waals surface area contributed by atoms with Gasteiger partial charge in [-0.05, 0) is 26.3 Å². The van der Waals surface area contributed by atoms with Gasteiger partial charge < -0.3 is 16.2 Å². The maximum absolute atomic E-state index is 13.1. The Kier molecular flexibility index (Phi) is 5.66. The van der Waals surface area contributed by atoms with Gasteiger partial charge in [-0.2, -0.15) is 0 Å². The summed E-state index contributed by atoms with van der Waals surface area (Å²) < 4.78 is 13.1. The van der Waals surface area contributed by atoms with E-state index in [0.29, 0.717) is 0 Å². The molecular weight excluding hydrogens is 213 g/mol. The van der Waals surface area contributed by atoms with Gasteiger partial charge in [0.05, 0.1) is 11.7 Å². The summed E-state index contributed by atoms with van der Waals surface area (Å²) in [4.78, 5) is 10.6. The van der Waals surface area contributed by atoms with Crippen molar-refractivity contribution >= 4 is 11.8 Å². The Balaban J connectivity index is 4.01. The number of halogens is 1. The van der Waals surface area contributed by atoms with E-state index in [1.54, 1.807) is 6.92 Å². The maximum atomic E-state index is 13.1. The van der Waals surface area contributed by atoms with Crippen LogP contribution in [-0.2, 0) is 4.79 Å². The van der Waals surface area contributed by atoms with Crippen molar-refractivity contribution in [2.45, 2.75) is 32.2 Å². The van der Waals surface area contributed by atoms with Gasteiger partial charge in [0.25, 0.3) is 0 Å². The van der Waals surface area contributed by atoms with Crippen LogP contribution < -0.4 is 11.1 Å². The van der Waals surface area contributed by atoms with E-state index in [9.17, 15) is 9.18 Å². The van der Waals surface area contributed by atoms with Crippen molar-refractivity contribution < 1.29 is 14.3 Å². The van der Waals surface area contributed by atoms with Crippen molar-refractivity contribution in [3.05, 3.63) is 11.9 Å². The lowest BCUT2D eigenvalue weighted by molar-refractivity contribution is -0.142. The van der Waals surface area contributed by atoms with Crippen molar-refractivity contribution in [3.8, 4) is 0 Å². The number of hydrogen-bond donors (Lipinski definition) is 4. The number of carboxylic acid groups (broad SMARTS) is 1. The molecule has 0 aromatic carbocycles. The molecule has 0 aliphatic heterocycles. The highest BCUT2D eigenvalue weighted by atomic mass is 19.1. The Morgan fingerprint density at radius 2 is 2.25 bits per heavy atom. The Morgan fingerprint density at radius 1 is 1.69 bits per heavy atom. The lowest BCUT2D eigenvalue weighted by Gasteiger charge is -2.18. The largest absolute Gasteiger partial charge is 0.480 e. The fraction of sp³-hybridized carbons (Fsp3) is 0.600. The molecule has 0 bridgehead atoms. The minimum Gasteiger partial charge on any atom is -0.480 e. The quantitative estimate of drug-likeness (QED) is 0.405. The van der Waals surface area contributed by atoms with E-state index in [1.807, 2.05) is 0 Å². The molecule has 0 amide bonds. The summed E-state index contributed by atoms with van der Waals surface area (Å²) in [6, 6.07) is 0. The summed E-state index contributed by atoms with van der Waals surface area (Å²) in [5.74, 6) is -1.32. The SMILES string of the molecule is CC(=N)NC/C=C(/F)CC[C@](C)(N)C(=O)O. The molecule has 0 aliphatic carbocycles. The van der Waals surface area contributed by atoms with E-state index < -0.39 is 17.3 Å². The first-order valence-electron chi connectivity index (χ1n) is 4.91. The number of amidine groups is 1. The highest BCUT2D eigenvalue weighted by Gasteiger charge is 2.27. The second-order valence-corrected chi connectivity index (χ2v) is 3.88. The van der Waals surface area contributed by atoms with Crippen molar-refractivity contribution in [3.63, 3.8) is 0 Å². The first-order chi connectivity index (χ1) is 7.25. The second kappa shape index (κ2) is 6.22. The molecule has 92 valence electrons. The number of allylic oxidation sites excluding steroid dienone is 1.